The average Bonchev–Trinajstić information content (AvgIpc) is 2.77. The number of thiazole rings is 1. The Morgan fingerprint density at radius 2 is 2.00 bits per heavy atom. The van der Waals surface area contributed by atoms with E-state index in [1.54, 1.807) is 0 Å². The maximum atomic E-state index is 11.3. The number of hydrogen-bond donors (Lipinski definition) is 1. The lowest BCUT2D eigenvalue weighted by Crippen LogP contribution is -2.48. The molecule has 7 nitrogen and oxygen atoms in total. The number of aromatic carboxylic acids is 1. The van der Waals surface area contributed by atoms with Gasteiger partial charge in [0.15, 0.2) is 5.13 Å². The van der Waals surface area contributed by atoms with E-state index in [4.69, 9.17) is 5.11 Å². The van der Waals surface area contributed by atoms with Gasteiger partial charge in [-0.05, 0) is 0 Å². The summed E-state index contributed by atoms with van der Waals surface area (Å²) >= 11 is 1.10. The number of nitrogens with zero attached hydrogens (tertiary/aromatic N) is 3. The molecule has 0 bridgehead atoms. The van der Waals surface area contributed by atoms with Crippen molar-refractivity contribution < 1.29 is 18.3 Å². The van der Waals surface area contributed by atoms with Crippen molar-refractivity contribution >= 4 is 32.5 Å². The van der Waals surface area contributed by atoms with Gasteiger partial charge in [0.25, 0.3) is 0 Å². The molecule has 2 heterocycles. The molecule has 0 spiro atoms. The van der Waals surface area contributed by atoms with Gasteiger partial charge < -0.3 is 10.0 Å². The van der Waals surface area contributed by atoms with Crippen molar-refractivity contribution in [2.45, 2.75) is 0 Å². The minimum absolute atomic E-state index is 0.190. The monoisotopic (exact) mass is 291 g/mol. The fourth-order valence-electron chi connectivity index (χ4n) is 1.72. The van der Waals surface area contributed by atoms with Crippen LogP contribution in [-0.2, 0) is 10.0 Å². The molecule has 0 unspecified atom stereocenters. The molecule has 18 heavy (non-hydrogen) atoms. The molecule has 1 saturated heterocycles. The molecule has 1 N–H and O–H groups in total. The number of carboxylic acid groups (broad SMARTS) is 1. The topological polar surface area (TPSA) is 90.8 Å². The van der Waals surface area contributed by atoms with Crippen LogP contribution in [0.1, 0.15) is 9.67 Å². The summed E-state index contributed by atoms with van der Waals surface area (Å²) in [5.41, 5.74) is 0. The van der Waals surface area contributed by atoms with E-state index in [9.17, 15) is 13.2 Å². The highest BCUT2D eigenvalue weighted by Crippen LogP contribution is 2.23. The standard InChI is InChI=1S/C9H13N3O4S2/c1-18(15,16)12-4-2-11(3-5-12)9-10-6-7(17-9)8(13)14/h6H,2-5H2,1H3,(H,13,14). The molecule has 0 radical (unpaired) electrons. The van der Waals surface area contributed by atoms with Crippen molar-refractivity contribution in [2.75, 3.05) is 37.3 Å². The smallest absolute Gasteiger partial charge is 0.347 e. The van der Waals surface area contributed by atoms with Gasteiger partial charge in [-0.1, -0.05) is 11.3 Å². The summed E-state index contributed by atoms with van der Waals surface area (Å²) < 4.78 is 24.1. The maximum Gasteiger partial charge on any atom is 0.347 e. The first-order valence-corrected chi connectivity index (χ1v) is 7.93. The molecule has 1 aromatic rings. The number of hydrogen-bond acceptors (Lipinski definition) is 6. The van der Waals surface area contributed by atoms with Crippen LogP contribution in [0.4, 0.5) is 5.13 Å². The zero-order chi connectivity index (χ0) is 13.3. The van der Waals surface area contributed by atoms with Crippen molar-refractivity contribution in [3.8, 4) is 0 Å². The summed E-state index contributed by atoms with van der Waals surface area (Å²) in [5.74, 6) is -0.992. The van der Waals surface area contributed by atoms with Crippen molar-refractivity contribution in [1.82, 2.24) is 9.29 Å². The van der Waals surface area contributed by atoms with Crippen LogP contribution < -0.4 is 4.90 Å². The first-order chi connectivity index (χ1) is 8.38. The molecular formula is C9H13N3O4S2. The van der Waals surface area contributed by atoms with E-state index in [-0.39, 0.29) is 4.88 Å². The number of piperazine rings is 1. The second-order valence-corrected chi connectivity index (χ2v) is 6.95. The summed E-state index contributed by atoms with van der Waals surface area (Å²) in [6.45, 7) is 1.86. The van der Waals surface area contributed by atoms with Crippen LogP contribution in [0.2, 0.25) is 0 Å². The van der Waals surface area contributed by atoms with Gasteiger partial charge in [0.1, 0.15) is 4.88 Å². The predicted molar refractivity (Wildman–Crippen MR) is 67.7 cm³/mol. The summed E-state index contributed by atoms with van der Waals surface area (Å²) in [4.78, 5) is 16.9. The van der Waals surface area contributed by atoms with E-state index in [0.717, 1.165) is 11.3 Å². The Balaban J connectivity index is 2.03. The molecule has 0 saturated carbocycles. The number of aromatic nitrogens is 1. The molecule has 1 aliphatic heterocycles. The summed E-state index contributed by atoms with van der Waals surface area (Å²) in [7, 11) is -3.14. The minimum Gasteiger partial charge on any atom is -0.477 e. The lowest BCUT2D eigenvalue weighted by atomic mass is 10.4. The maximum absolute atomic E-state index is 11.3. The van der Waals surface area contributed by atoms with Crippen molar-refractivity contribution in [3.63, 3.8) is 0 Å². The van der Waals surface area contributed by atoms with Gasteiger partial charge in [-0.25, -0.2) is 18.2 Å². The molecule has 9 heteroatoms. The normalized spacial score (nSPS) is 17.9. The fraction of sp³-hybridized carbons (Fsp3) is 0.556. The first-order valence-electron chi connectivity index (χ1n) is 5.27. The van der Waals surface area contributed by atoms with Crippen LogP contribution in [0.5, 0.6) is 0 Å². The highest BCUT2D eigenvalue weighted by atomic mass is 32.2. The van der Waals surface area contributed by atoms with Crippen LogP contribution in [0.3, 0.4) is 0 Å². The van der Waals surface area contributed by atoms with Gasteiger partial charge in [-0.15, -0.1) is 0 Å². The third kappa shape index (κ3) is 2.79. The number of anilines is 1. The number of sulfonamides is 1. The van der Waals surface area contributed by atoms with Crippen molar-refractivity contribution in [2.24, 2.45) is 0 Å². The minimum atomic E-state index is -3.14. The van der Waals surface area contributed by atoms with Gasteiger partial charge in [0.2, 0.25) is 10.0 Å². The number of carbonyl (C=O) groups is 1. The third-order valence-electron chi connectivity index (χ3n) is 2.68. The van der Waals surface area contributed by atoms with Crippen LogP contribution in [0, 0.1) is 0 Å². The van der Waals surface area contributed by atoms with E-state index in [0.29, 0.717) is 31.3 Å². The quantitative estimate of drug-likeness (QED) is 0.838. The first kappa shape index (κ1) is 13.2. The van der Waals surface area contributed by atoms with Crippen LogP contribution in [0.15, 0.2) is 6.20 Å². The highest BCUT2D eigenvalue weighted by molar-refractivity contribution is 7.88. The summed E-state index contributed by atoms with van der Waals surface area (Å²) in [6.07, 6.45) is 2.51. The second kappa shape index (κ2) is 4.82. The van der Waals surface area contributed by atoms with Gasteiger partial charge >= 0.3 is 5.97 Å². The molecule has 0 aromatic carbocycles. The van der Waals surface area contributed by atoms with Gasteiger partial charge in [0, 0.05) is 26.2 Å². The molecule has 0 aliphatic carbocycles. The van der Waals surface area contributed by atoms with Crippen molar-refractivity contribution in [1.29, 1.82) is 0 Å². The molecule has 1 fully saturated rings. The molecular weight excluding hydrogens is 278 g/mol. The van der Waals surface area contributed by atoms with E-state index in [1.165, 1.54) is 16.8 Å². The van der Waals surface area contributed by atoms with Gasteiger partial charge in [-0.2, -0.15) is 4.31 Å². The zero-order valence-corrected chi connectivity index (χ0v) is 11.4. The highest BCUT2D eigenvalue weighted by Gasteiger charge is 2.25. The lowest BCUT2D eigenvalue weighted by Gasteiger charge is -2.32. The van der Waals surface area contributed by atoms with Crippen LogP contribution in [-0.4, -0.2) is 61.2 Å². The summed E-state index contributed by atoms with van der Waals surface area (Å²) in [6, 6.07) is 0. The Kier molecular flexibility index (Phi) is 3.55. The molecule has 1 aliphatic rings. The average molecular weight is 291 g/mol. The van der Waals surface area contributed by atoms with Crippen molar-refractivity contribution in [3.05, 3.63) is 11.1 Å². The van der Waals surface area contributed by atoms with Crippen LogP contribution in [0.25, 0.3) is 0 Å². The lowest BCUT2D eigenvalue weighted by molar-refractivity contribution is 0.0702. The SMILES string of the molecule is CS(=O)(=O)N1CCN(c2ncc(C(=O)O)s2)CC1. The third-order valence-corrected chi connectivity index (χ3v) is 5.03. The van der Waals surface area contributed by atoms with E-state index in [2.05, 4.69) is 4.98 Å². The molecule has 1 aromatic heterocycles. The Bertz CT molecular complexity index is 546. The van der Waals surface area contributed by atoms with Gasteiger partial charge in [0.05, 0.1) is 12.5 Å². The fourth-order valence-corrected chi connectivity index (χ4v) is 3.35. The van der Waals surface area contributed by atoms with E-state index in [1.807, 2.05) is 4.90 Å². The molecule has 100 valence electrons. The molecule has 0 amide bonds. The summed E-state index contributed by atoms with van der Waals surface area (Å²) in [5, 5.41) is 9.44. The van der Waals surface area contributed by atoms with Crippen LogP contribution >= 0.6 is 11.3 Å². The number of carboxylic acids is 1. The van der Waals surface area contributed by atoms with Gasteiger partial charge in [-0.3, -0.25) is 0 Å². The molecule has 2 rings (SSSR count). The largest absolute Gasteiger partial charge is 0.477 e. The van der Waals surface area contributed by atoms with E-state index >= 15 is 0 Å². The van der Waals surface area contributed by atoms with E-state index < -0.39 is 16.0 Å². The zero-order valence-electron chi connectivity index (χ0n) is 9.74. The Hall–Kier alpha value is -1.19. The Morgan fingerprint density at radius 3 is 2.44 bits per heavy atom. The Labute approximate surface area is 109 Å². The Morgan fingerprint density at radius 1 is 1.39 bits per heavy atom. The number of rotatable bonds is 3. The second-order valence-electron chi connectivity index (χ2n) is 3.96. The molecule has 0 atom stereocenters. The predicted octanol–water partition coefficient (Wildman–Crippen LogP) is -0.0771.